The number of nitrogens with zero attached hydrogens (tertiary/aromatic N) is 3. The fourth-order valence-electron chi connectivity index (χ4n) is 2.67. The third-order valence-electron chi connectivity index (χ3n) is 3.97. The summed E-state index contributed by atoms with van der Waals surface area (Å²) >= 11 is 0. The van der Waals surface area contributed by atoms with E-state index in [0.717, 1.165) is 11.3 Å². The van der Waals surface area contributed by atoms with E-state index in [1.807, 2.05) is 30.3 Å². The Morgan fingerprint density at radius 3 is 2.75 bits per heavy atom. The average molecular weight is 373 g/mol. The van der Waals surface area contributed by atoms with Crippen molar-refractivity contribution in [2.75, 3.05) is 17.7 Å². The van der Waals surface area contributed by atoms with E-state index < -0.39 is 0 Å². The zero-order valence-corrected chi connectivity index (χ0v) is 15.6. The highest BCUT2D eigenvalue weighted by Gasteiger charge is 2.12. The van der Waals surface area contributed by atoms with Crippen molar-refractivity contribution in [3.8, 4) is 11.8 Å². The molecular formula is C21H19N5O2. The van der Waals surface area contributed by atoms with E-state index in [9.17, 15) is 4.79 Å². The Labute approximate surface area is 163 Å². The van der Waals surface area contributed by atoms with E-state index in [0.29, 0.717) is 29.4 Å². The largest absolute Gasteiger partial charge is 0.496 e. The molecule has 0 bridgehead atoms. The van der Waals surface area contributed by atoms with Gasteiger partial charge in [0.15, 0.2) is 0 Å². The lowest BCUT2D eigenvalue weighted by atomic mass is 10.2. The fourth-order valence-corrected chi connectivity index (χ4v) is 2.67. The smallest absolute Gasteiger partial charge is 0.274 e. The SMILES string of the molecule is COc1ccccc1CNc1cc(C(=O)Nc2cccc(C#N)c2)nc(C)n1. The van der Waals surface area contributed by atoms with Gasteiger partial charge in [-0.15, -0.1) is 0 Å². The van der Waals surface area contributed by atoms with Crippen molar-refractivity contribution >= 4 is 17.4 Å². The van der Waals surface area contributed by atoms with Crippen LogP contribution < -0.4 is 15.4 Å². The number of hydrogen-bond acceptors (Lipinski definition) is 6. The van der Waals surface area contributed by atoms with Gasteiger partial charge in [-0.05, 0) is 31.2 Å². The summed E-state index contributed by atoms with van der Waals surface area (Å²) in [6.07, 6.45) is 0. The van der Waals surface area contributed by atoms with E-state index in [4.69, 9.17) is 10.00 Å². The molecule has 140 valence electrons. The highest BCUT2D eigenvalue weighted by Crippen LogP contribution is 2.19. The molecule has 0 spiro atoms. The van der Waals surface area contributed by atoms with Crippen molar-refractivity contribution < 1.29 is 9.53 Å². The zero-order chi connectivity index (χ0) is 19.9. The molecule has 28 heavy (non-hydrogen) atoms. The summed E-state index contributed by atoms with van der Waals surface area (Å²) in [5.41, 5.74) is 2.21. The summed E-state index contributed by atoms with van der Waals surface area (Å²) in [6, 6.07) is 18.0. The number of rotatable bonds is 6. The van der Waals surface area contributed by atoms with Crippen molar-refractivity contribution in [3.05, 3.63) is 77.2 Å². The first kappa shape index (κ1) is 18.9. The van der Waals surface area contributed by atoms with Gasteiger partial charge in [-0.2, -0.15) is 5.26 Å². The Hall–Kier alpha value is -3.92. The first-order valence-electron chi connectivity index (χ1n) is 8.62. The van der Waals surface area contributed by atoms with Gasteiger partial charge in [0, 0.05) is 23.9 Å². The van der Waals surface area contributed by atoms with Gasteiger partial charge in [-0.25, -0.2) is 9.97 Å². The molecule has 1 amide bonds. The molecule has 0 saturated heterocycles. The summed E-state index contributed by atoms with van der Waals surface area (Å²) in [6.45, 7) is 2.22. The monoisotopic (exact) mass is 373 g/mol. The molecule has 3 rings (SSSR count). The second-order valence-electron chi connectivity index (χ2n) is 6.00. The molecule has 1 heterocycles. The van der Waals surface area contributed by atoms with Crippen molar-refractivity contribution in [1.82, 2.24) is 9.97 Å². The van der Waals surface area contributed by atoms with Crippen LogP contribution in [0.4, 0.5) is 11.5 Å². The van der Waals surface area contributed by atoms with E-state index in [-0.39, 0.29) is 11.6 Å². The minimum absolute atomic E-state index is 0.234. The van der Waals surface area contributed by atoms with Crippen molar-refractivity contribution in [3.63, 3.8) is 0 Å². The number of para-hydroxylation sites is 1. The molecule has 7 nitrogen and oxygen atoms in total. The molecule has 0 aliphatic carbocycles. The second-order valence-corrected chi connectivity index (χ2v) is 6.00. The fraction of sp³-hybridized carbons (Fsp3) is 0.143. The first-order chi connectivity index (χ1) is 13.6. The number of amides is 1. The Morgan fingerprint density at radius 2 is 1.96 bits per heavy atom. The number of hydrogen-bond donors (Lipinski definition) is 2. The standard InChI is InChI=1S/C21H19N5O2/c1-14-24-18(21(27)26-17-8-5-6-15(10-17)12-22)11-20(25-14)23-13-16-7-3-4-9-19(16)28-2/h3-11H,13H2,1-2H3,(H,26,27)(H,23,24,25). The van der Waals surface area contributed by atoms with Crippen LogP contribution in [0.5, 0.6) is 5.75 Å². The zero-order valence-electron chi connectivity index (χ0n) is 15.6. The number of aromatic nitrogens is 2. The molecule has 3 aromatic rings. The molecule has 2 aromatic carbocycles. The van der Waals surface area contributed by atoms with Crippen LogP contribution in [0.15, 0.2) is 54.6 Å². The molecule has 0 radical (unpaired) electrons. The van der Waals surface area contributed by atoms with Crippen LogP contribution in [0.2, 0.25) is 0 Å². The number of methoxy groups -OCH3 is 1. The molecule has 2 N–H and O–H groups in total. The molecule has 0 unspecified atom stereocenters. The number of nitriles is 1. The molecule has 0 saturated carbocycles. The van der Waals surface area contributed by atoms with Crippen LogP contribution >= 0.6 is 0 Å². The topological polar surface area (TPSA) is 99.9 Å². The summed E-state index contributed by atoms with van der Waals surface area (Å²) in [7, 11) is 1.62. The number of nitrogens with one attached hydrogen (secondary N) is 2. The normalized spacial score (nSPS) is 10.0. The summed E-state index contributed by atoms with van der Waals surface area (Å²) < 4.78 is 5.34. The molecule has 1 aromatic heterocycles. The Balaban J connectivity index is 1.75. The van der Waals surface area contributed by atoms with Gasteiger partial charge in [0.1, 0.15) is 23.1 Å². The molecule has 0 aliphatic heterocycles. The maximum atomic E-state index is 12.6. The van der Waals surface area contributed by atoms with E-state index in [2.05, 4.69) is 20.6 Å². The van der Waals surface area contributed by atoms with Crippen LogP contribution in [0.1, 0.15) is 27.4 Å². The van der Waals surface area contributed by atoms with Gasteiger partial charge in [-0.3, -0.25) is 4.79 Å². The van der Waals surface area contributed by atoms with E-state index >= 15 is 0 Å². The van der Waals surface area contributed by atoms with Gasteiger partial charge in [0.25, 0.3) is 5.91 Å². The van der Waals surface area contributed by atoms with Crippen LogP contribution in [-0.2, 0) is 6.54 Å². The molecule has 0 fully saturated rings. The van der Waals surface area contributed by atoms with Crippen molar-refractivity contribution in [2.24, 2.45) is 0 Å². The third-order valence-corrected chi connectivity index (χ3v) is 3.97. The molecule has 7 heteroatoms. The number of aryl methyl sites for hydroxylation is 1. The van der Waals surface area contributed by atoms with Gasteiger partial charge in [0.2, 0.25) is 0 Å². The number of benzene rings is 2. The minimum atomic E-state index is -0.374. The third kappa shape index (κ3) is 4.62. The minimum Gasteiger partial charge on any atom is -0.496 e. The van der Waals surface area contributed by atoms with Crippen LogP contribution in [-0.4, -0.2) is 23.0 Å². The number of carbonyl (C=O) groups is 1. The number of ether oxygens (including phenoxy) is 1. The predicted molar refractivity (Wildman–Crippen MR) is 106 cm³/mol. The van der Waals surface area contributed by atoms with Crippen LogP contribution in [0, 0.1) is 18.3 Å². The predicted octanol–water partition coefficient (Wildman–Crippen LogP) is 3.53. The summed E-state index contributed by atoms with van der Waals surface area (Å²) in [5.74, 6) is 1.41. The van der Waals surface area contributed by atoms with Gasteiger partial charge in [-0.1, -0.05) is 24.3 Å². The van der Waals surface area contributed by atoms with Crippen molar-refractivity contribution in [1.29, 1.82) is 5.26 Å². The number of anilines is 2. The van der Waals surface area contributed by atoms with Gasteiger partial charge >= 0.3 is 0 Å². The highest BCUT2D eigenvalue weighted by atomic mass is 16.5. The molecule has 0 atom stereocenters. The Morgan fingerprint density at radius 1 is 1.14 bits per heavy atom. The second kappa shape index (κ2) is 8.64. The lowest BCUT2D eigenvalue weighted by molar-refractivity contribution is 0.102. The maximum Gasteiger partial charge on any atom is 0.274 e. The van der Waals surface area contributed by atoms with Crippen LogP contribution in [0.25, 0.3) is 0 Å². The molecule has 0 aliphatic rings. The summed E-state index contributed by atoms with van der Waals surface area (Å²) in [5, 5.41) is 14.9. The summed E-state index contributed by atoms with van der Waals surface area (Å²) in [4.78, 5) is 21.1. The van der Waals surface area contributed by atoms with E-state index in [1.165, 1.54) is 0 Å². The quantitative estimate of drug-likeness (QED) is 0.686. The maximum absolute atomic E-state index is 12.6. The Kier molecular flexibility index (Phi) is 5.82. The number of carbonyl (C=O) groups excluding carboxylic acids is 1. The Bertz CT molecular complexity index is 1040. The molecular weight excluding hydrogens is 354 g/mol. The van der Waals surface area contributed by atoms with Gasteiger partial charge in [0.05, 0.1) is 18.7 Å². The van der Waals surface area contributed by atoms with Crippen LogP contribution in [0.3, 0.4) is 0 Å². The van der Waals surface area contributed by atoms with E-state index in [1.54, 1.807) is 44.4 Å². The average Bonchev–Trinajstić information content (AvgIpc) is 2.72. The first-order valence-corrected chi connectivity index (χ1v) is 8.62. The highest BCUT2D eigenvalue weighted by molar-refractivity contribution is 6.03. The van der Waals surface area contributed by atoms with Gasteiger partial charge < -0.3 is 15.4 Å². The lowest BCUT2D eigenvalue weighted by Gasteiger charge is -2.11. The lowest BCUT2D eigenvalue weighted by Crippen LogP contribution is -2.16. The van der Waals surface area contributed by atoms with Crippen molar-refractivity contribution in [2.45, 2.75) is 13.5 Å².